The predicted octanol–water partition coefficient (Wildman–Crippen LogP) is 2.35. The lowest BCUT2D eigenvalue weighted by molar-refractivity contribution is -0.136. The molecule has 1 heterocycles. The third-order valence-corrected chi connectivity index (χ3v) is 3.94. The van der Waals surface area contributed by atoms with Crippen molar-refractivity contribution in [2.45, 2.75) is 25.2 Å². The average Bonchev–Trinajstić information content (AvgIpc) is 3.11. The zero-order valence-electron chi connectivity index (χ0n) is 13.2. The number of nitrogens with one attached hydrogen (secondary N) is 1. The van der Waals surface area contributed by atoms with Crippen LogP contribution in [0.15, 0.2) is 54.6 Å². The second-order valence-electron chi connectivity index (χ2n) is 5.72. The Labute approximate surface area is 140 Å². The van der Waals surface area contributed by atoms with Crippen molar-refractivity contribution in [3.63, 3.8) is 0 Å². The minimum absolute atomic E-state index is 0.0137. The maximum absolute atomic E-state index is 12.2. The molecule has 2 unspecified atom stereocenters. The van der Waals surface area contributed by atoms with Crippen LogP contribution in [-0.4, -0.2) is 30.9 Å². The molecule has 1 N–H and O–H groups in total. The van der Waals surface area contributed by atoms with E-state index < -0.39 is 0 Å². The van der Waals surface area contributed by atoms with Crippen molar-refractivity contribution in [1.29, 1.82) is 0 Å². The van der Waals surface area contributed by atoms with Crippen molar-refractivity contribution in [1.82, 2.24) is 5.32 Å². The highest BCUT2D eigenvalue weighted by molar-refractivity contribution is 5.79. The van der Waals surface area contributed by atoms with Crippen molar-refractivity contribution in [3.8, 4) is 5.75 Å². The maximum atomic E-state index is 12.2. The molecule has 0 aliphatic carbocycles. The molecule has 2 aromatic rings. The first kappa shape index (κ1) is 16.4. The van der Waals surface area contributed by atoms with E-state index in [-0.39, 0.29) is 18.1 Å². The van der Waals surface area contributed by atoms with Crippen LogP contribution in [0.2, 0.25) is 0 Å². The largest absolute Gasteiger partial charge is 0.425 e. The van der Waals surface area contributed by atoms with Gasteiger partial charge in [0, 0.05) is 18.5 Å². The molecule has 1 aliphatic heterocycles. The van der Waals surface area contributed by atoms with Crippen LogP contribution in [0.3, 0.4) is 0 Å². The molecule has 2 aromatic carbocycles. The zero-order valence-corrected chi connectivity index (χ0v) is 13.2. The van der Waals surface area contributed by atoms with E-state index in [1.165, 1.54) is 0 Å². The van der Waals surface area contributed by atoms with Gasteiger partial charge in [-0.2, -0.15) is 0 Å². The van der Waals surface area contributed by atoms with Crippen LogP contribution in [0.1, 0.15) is 22.3 Å². The molecule has 24 heavy (non-hydrogen) atoms. The highest BCUT2D eigenvalue weighted by atomic mass is 16.5. The van der Waals surface area contributed by atoms with Crippen molar-refractivity contribution in [2.75, 3.05) is 6.54 Å². The molecule has 5 nitrogen and oxygen atoms in total. The molecular weight excluding hydrogens is 306 g/mol. The van der Waals surface area contributed by atoms with E-state index in [1.54, 1.807) is 24.3 Å². The molecular formula is C19H19NO4. The van der Waals surface area contributed by atoms with E-state index >= 15 is 0 Å². The van der Waals surface area contributed by atoms with Crippen molar-refractivity contribution < 1.29 is 19.1 Å². The lowest BCUT2D eigenvalue weighted by Gasteiger charge is -2.12. The standard InChI is InChI=1S/C19H19NO4/c21-12-14-6-8-16(9-7-14)24-19(22)18-10-17(11-20-18)23-13-15-4-2-1-3-5-15/h1-9,12,17-18,20H,10-11,13H2. The van der Waals surface area contributed by atoms with Gasteiger partial charge in [0.05, 0.1) is 12.7 Å². The third kappa shape index (κ3) is 4.28. The first-order chi connectivity index (χ1) is 11.7. The molecule has 0 radical (unpaired) electrons. The Morgan fingerprint density at radius 1 is 1.12 bits per heavy atom. The summed E-state index contributed by atoms with van der Waals surface area (Å²) >= 11 is 0. The monoisotopic (exact) mass is 325 g/mol. The molecule has 5 heteroatoms. The zero-order chi connectivity index (χ0) is 16.8. The molecule has 0 saturated carbocycles. The second kappa shape index (κ2) is 7.86. The Bertz CT molecular complexity index is 684. The molecule has 2 atom stereocenters. The van der Waals surface area contributed by atoms with Crippen LogP contribution >= 0.6 is 0 Å². The van der Waals surface area contributed by atoms with E-state index in [0.717, 1.165) is 11.8 Å². The summed E-state index contributed by atoms with van der Waals surface area (Å²) in [4.78, 5) is 22.8. The van der Waals surface area contributed by atoms with Gasteiger partial charge in [-0.25, -0.2) is 4.79 Å². The molecule has 124 valence electrons. The number of aldehydes is 1. The Morgan fingerprint density at radius 3 is 2.58 bits per heavy atom. The minimum atomic E-state index is -0.378. The molecule has 0 amide bonds. The van der Waals surface area contributed by atoms with Crippen LogP contribution in [0.4, 0.5) is 0 Å². The topological polar surface area (TPSA) is 64.6 Å². The highest BCUT2D eigenvalue weighted by Crippen LogP contribution is 2.17. The molecule has 0 spiro atoms. The SMILES string of the molecule is O=Cc1ccc(OC(=O)C2CC(OCc3ccccc3)CN2)cc1. The molecule has 1 saturated heterocycles. The van der Waals surface area contributed by atoms with Crippen LogP contribution < -0.4 is 10.1 Å². The average molecular weight is 325 g/mol. The van der Waals surface area contributed by atoms with Gasteiger partial charge < -0.3 is 14.8 Å². The van der Waals surface area contributed by atoms with E-state index in [4.69, 9.17) is 9.47 Å². The number of carbonyl (C=O) groups excluding carboxylic acids is 2. The first-order valence-corrected chi connectivity index (χ1v) is 7.90. The molecule has 3 rings (SSSR count). The van der Waals surface area contributed by atoms with Crippen molar-refractivity contribution >= 4 is 12.3 Å². The summed E-state index contributed by atoms with van der Waals surface area (Å²) < 4.78 is 11.2. The minimum Gasteiger partial charge on any atom is -0.425 e. The van der Waals surface area contributed by atoms with Gasteiger partial charge in [-0.15, -0.1) is 0 Å². The van der Waals surface area contributed by atoms with Gasteiger partial charge in [-0.05, 0) is 29.8 Å². The van der Waals surface area contributed by atoms with Gasteiger partial charge >= 0.3 is 5.97 Å². The molecule has 0 aromatic heterocycles. The number of hydrogen-bond acceptors (Lipinski definition) is 5. The number of carbonyl (C=O) groups is 2. The summed E-state index contributed by atoms with van der Waals surface area (Å²) in [7, 11) is 0. The normalized spacial score (nSPS) is 19.8. The van der Waals surface area contributed by atoms with Crippen LogP contribution in [0, 0.1) is 0 Å². The van der Waals surface area contributed by atoms with Gasteiger partial charge in [0.2, 0.25) is 0 Å². The fourth-order valence-corrected chi connectivity index (χ4v) is 2.60. The van der Waals surface area contributed by atoms with E-state index in [9.17, 15) is 9.59 Å². The summed E-state index contributed by atoms with van der Waals surface area (Å²) in [5.41, 5.74) is 1.65. The van der Waals surface area contributed by atoms with Crippen LogP contribution in [0.25, 0.3) is 0 Å². The summed E-state index contributed by atoms with van der Waals surface area (Å²) in [6, 6.07) is 16.0. The Balaban J connectivity index is 1.47. The van der Waals surface area contributed by atoms with E-state index in [1.807, 2.05) is 30.3 Å². The van der Waals surface area contributed by atoms with Crippen molar-refractivity contribution in [2.24, 2.45) is 0 Å². The molecule has 1 aliphatic rings. The maximum Gasteiger partial charge on any atom is 0.328 e. The molecule has 1 fully saturated rings. The molecule has 0 bridgehead atoms. The summed E-state index contributed by atoms with van der Waals surface area (Å²) in [5.74, 6) is 0.0979. The first-order valence-electron chi connectivity index (χ1n) is 7.90. The second-order valence-corrected chi connectivity index (χ2v) is 5.72. The summed E-state index contributed by atoms with van der Waals surface area (Å²) in [5, 5.41) is 3.13. The number of rotatable bonds is 6. The number of esters is 1. The fourth-order valence-electron chi connectivity index (χ4n) is 2.60. The summed E-state index contributed by atoms with van der Waals surface area (Å²) in [6.07, 6.45) is 1.32. The summed E-state index contributed by atoms with van der Waals surface area (Å²) in [6.45, 7) is 1.15. The Hall–Kier alpha value is -2.50. The van der Waals surface area contributed by atoms with Gasteiger partial charge in [-0.3, -0.25) is 4.79 Å². The smallest absolute Gasteiger partial charge is 0.328 e. The fraction of sp³-hybridized carbons (Fsp3) is 0.263. The van der Waals surface area contributed by atoms with Gasteiger partial charge in [0.15, 0.2) is 0 Å². The Kier molecular flexibility index (Phi) is 5.36. The van der Waals surface area contributed by atoms with Crippen LogP contribution in [0.5, 0.6) is 5.75 Å². The quantitative estimate of drug-likeness (QED) is 0.502. The lowest BCUT2D eigenvalue weighted by Crippen LogP contribution is -2.34. The van der Waals surface area contributed by atoms with Gasteiger partial charge in [0.25, 0.3) is 0 Å². The van der Waals surface area contributed by atoms with Gasteiger partial charge in [-0.1, -0.05) is 30.3 Å². The van der Waals surface area contributed by atoms with Gasteiger partial charge in [0.1, 0.15) is 18.1 Å². The number of ether oxygens (including phenoxy) is 2. The lowest BCUT2D eigenvalue weighted by atomic mass is 10.2. The predicted molar refractivity (Wildman–Crippen MR) is 88.9 cm³/mol. The van der Waals surface area contributed by atoms with E-state index in [2.05, 4.69) is 5.32 Å². The highest BCUT2D eigenvalue weighted by Gasteiger charge is 2.31. The van der Waals surface area contributed by atoms with Crippen molar-refractivity contribution in [3.05, 3.63) is 65.7 Å². The Morgan fingerprint density at radius 2 is 1.88 bits per heavy atom. The third-order valence-electron chi connectivity index (χ3n) is 3.94. The number of hydrogen-bond donors (Lipinski definition) is 1. The van der Waals surface area contributed by atoms with Crippen LogP contribution in [-0.2, 0) is 16.1 Å². The van der Waals surface area contributed by atoms with E-state index in [0.29, 0.717) is 30.9 Å². The number of benzene rings is 2.